The minimum atomic E-state index is -2.80. The molecule has 208 valence electrons. The zero-order valence-electron chi connectivity index (χ0n) is 21.2. The number of nitrogens with one attached hydrogen (secondary N) is 2. The van der Waals surface area contributed by atoms with Crippen molar-refractivity contribution in [1.82, 2.24) is 10.6 Å². The van der Waals surface area contributed by atoms with Gasteiger partial charge in [0.15, 0.2) is 5.60 Å². The minimum Gasteiger partial charge on any atom is -0.508 e. The third-order valence-corrected chi connectivity index (χ3v) is 5.53. The second kappa shape index (κ2) is 13.7. The highest BCUT2D eigenvalue weighted by Crippen LogP contribution is 2.19. The molecule has 2 amide bonds. The van der Waals surface area contributed by atoms with Crippen molar-refractivity contribution < 1.29 is 49.1 Å². The number of aliphatic carboxylic acids is 2. The molecule has 2 aromatic rings. The van der Waals surface area contributed by atoms with Crippen LogP contribution in [0.25, 0.3) is 0 Å². The summed E-state index contributed by atoms with van der Waals surface area (Å²) in [7, 11) is 0. The fourth-order valence-corrected chi connectivity index (χ4v) is 3.41. The molecule has 0 spiro atoms. The highest BCUT2D eigenvalue weighted by Gasteiger charge is 2.41. The Morgan fingerprint density at radius 1 is 0.949 bits per heavy atom. The quantitative estimate of drug-likeness (QED) is 0.113. The summed E-state index contributed by atoms with van der Waals surface area (Å²) >= 11 is 0. The van der Waals surface area contributed by atoms with Gasteiger partial charge in [-0.3, -0.25) is 19.2 Å². The number of phenols is 1. The molecule has 2 atom stereocenters. The molecule has 0 radical (unpaired) electrons. The summed E-state index contributed by atoms with van der Waals surface area (Å²) in [5.41, 5.74) is -1.08. The van der Waals surface area contributed by atoms with Gasteiger partial charge < -0.3 is 35.8 Å². The molecular weight excluding hydrogens is 512 g/mol. The molecule has 12 heteroatoms. The number of carboxylic acids is 2. The van der Waals surface area contributed by atoms with E-state index in [0.717, 1.165) is 11.1 Å². The molecule has 0 aliphatic rings. The number of aliphatic hydroxyl groups is 1. The van der Waals surface area contributed by atoms with Crippen LogP contribution in [0.3, 0.4) is 0 Å². The van der Waals surface area contributed by atoms with Crippen molar-refractivity contribution in [3.8, 4) is 11.5 Å². The number of carboxylic acid groups (broad SMARTS) is 2. The van der Waals surface area contributed by atoms with Crippen molar-refractivity contribution in [3.63, 3.8) is 0 Å². The van der Waals surface area contributed by atoms with Crippen molar-refractivity contribution >= 4 is 29.7 Å². The lowest BCUT2D eigenvalue weighted by atomic mass is 9.96. The number of amides is 2. The van der Waals surface area contributed by atoms with Crippen LogP contribution in [0.4, 0.5) is 0 Å². The Balaban J connectivity index is 1.93. The summed E-state index contributed by atoms with van der Waals surface area (Å²) in [4.78, 5) is 59.0. The molecule has 2 aromatic carbocycles. The summed E-state index contributed by atoms with van der Waals surface area (Å²) in [6.07, 6.45) is -1.66. The third-order valence-electron chi connectivity index (χ3n) is 5.53. The average Bonchev–Trinajstić information content (AvgIpc) is 2.85. The number of carbonyl (C=O) groups excluding carboxylic acids is 3. The lowest BCUT2D eigenvalue weighted by Gasteiger charge is -2.20. The molecule has 0 saturated carbocycles. The van der Waals surface area contributed by atoms with Crippen molar-refractivity contribution in [2.45, 2.75) is 44.2 Å². The molecular formula is C27H30N2O10. The number of hydrogen-bond donors (Lipinski definition) is 6. The fourth-order valence-electron chi connectivity index (χ4n) is 3.41. The van der Waals surface area contributed by atoms with E-state index in [1.54, 1.807) is 24.3 Å². The molecule has 0 heterocycles. The van der Waals surface area contributed by atoms with Gasteiger partial charge in [0.2, 0.25) is 11.8 Å². The number of hydrogen-bond acceptors (Lipinski definition) is 8. The van der Waals surface area contributed by atoms with Crippen LogP contribution in [0.15, 0.2) is 60.7 Å². The monoisotopic (exact) mass is 542 g/mol. The van der Waals surface area contributed by atoms with Crippen molar-refractivity contribution in [3.05, 3.63) is 71.8 Å². The Kier molecular flexibility index (Phi) is 10.7. The molecule has 2 rings (SSSR count). The predicted octanol–water partition coefficient (Wildman–Crippen LogP) is 0.940. The first kappa shape index (κ1) is 30.5. The molecule has 39 heavy (non-hydrogen) atoms. The Hall–Kier alpha value is -4.71. The maximum Gasteiger partial charge on any atom is 0.336 e. The number of ether oxygens (including phenoxy) is 1. The third kappa shape index (κ3) is 9.93. The van der Waals surface area contributed by atoms with Crippen molar-refractivity contribution in [1.29, 1.82) is 0 Å². The van der Waals surface area contributed by atoms with Gasteiger partial charge in [0.25, 0.3) is 0 Å². The standard InChI is InChI=1S/C27H30N2O10/c1-16(2)24(34)29-21(13-18-3-7-19(30)8-4-18)25(35)28-12-11-17-5-9-20(10-6-17)39-23(33)15-27(38,26(36)37)14-22(31)32/h3-10,21,30,38H,1,11-15H2,2H3,(H,28,35)(H,29,34)(H,31,32)(H,36,37)/t21-,27?/m0/s1. The first-order valence-corrected chi connectivity index (χ1v) is 11.8. The second-order valence-electron chi connectivity index (χ2n) is 8.92. The van der Waals surface area contributed by atoms with Gasteiger partial charge >= 0.3 is 17.9 Å². The molecule has 0 aromatic heterocycles. The normalized spacial score (nSPS) is 12.9. The minimum absolute atomic E-state index is 0.0484. The Morgan fingerprint density at radius 2 is 1.54 bits per heavy atom. The summed E-state index contributed by atoms with van der Waals surface area (Å²) in [5.74, 6) is -5.34. The summed E-state index contributed by atoms with van der Waals surface area (Å²) < 4.78 is 5.00. The molecule has 12 nitrogen and oxygen atoms in total. The number of phenolic OH excluding ortho intramolecular Hbond substituents is 1. The second-order valence-corrected chi connectivity index (χ2v) is 8.92. The molecule has 0 aliphatic carbocycles. The smallest absolute Gasteiger partial charge is 0.336 e. The number of aromatic hydroxyl groups is 1. The van der Waals surface area contributed by atoms with E-state index in [1.165, 1.54) is 31.2 Å². The van der Waals surface area contributed by atoms with Crippen LogP contribution in [0, 0.1) is 0 Å². The van der Waals surface area contributed by atoms with Crippen LogP contribution in [0.5, 0.6) is 11.5 Å². The van der Waals surface area contributed by atoms with Gasteiger partial charge in [-0.1, -0.05) is 30.8 Å². The molecule has 0 fully saturated rings. The molecule has 6 N–H and O–H groups in total. The summed E-state index contributed by atoms with van der Waals surface area (Å²) in [5, 5.41) is 42.6. The zero-order chi connectivity index (χ0) is 29.2. The summed E-state index contributed by atoms with van der Waals surface area (Å²) in [6, 6.07) is 11.4. The van der Waals surface area contributed by atoms with E-state index in [9.17, 15) is 34.2 Å². The average molecular weight is 543 g/mol. The lowest BCUT2D eigenvalue weighted by Crippen LogP contribution is -2.48. The Morgan fingerprint density at radius 3 is 2.08 bits per heavy atom. The Bertz CT molecular complexity index is 1220. The maximum atomic E-state index is 12.8. The van der Waals surface area contributed by atoms with Gasteiger partial charge in [0.1, 0.15) is 17.5 Å². The number of rotatable bonds is 14. The molecule has 0 aliphatic heterocycles. The topological polar surface area (TPSA) is 200 Å². The maximum absolute atomic E-state index is 12.8. The number of carbonyl (C=O) groups is 5. The molecule has 1 unspecified atom stereocenters. The van der Waals surface area contributed by atoms with Crippen molar-refractivity contribution in [2.24, 2.45) is 0 Å². The van der Waals surface area contributed by atoms with Crippen LogP contribution >= 0.6 is 0 Å². The first-order valence-electron chi connectivity index (χ1n) is 11.8. The SMILES string of the molecule is C=C(C)C(=O)N[C@@H](Cc1ccc(O)cc1)C(=O)NCCc1ccc(OC(=O)CC(O)(CC(=O)O)C(=O)O)cc1. The van der Waals surface area contributed by atoms with Crippen LogP contribution in [-0.4, -0.2) is 68.3 Å². The van der Waals surface area contributed by atoms with E-state index < -0.39 is 54.2 Å². The number of benzene rings is 2. The van der Waals surface area contributed by atoms with E-state index in [0.29, 0.717) is 6.42 Å². The largest absolute Gasteiger partial charge is 0.508 e. The van der Waals surface area contributed by atoms with Gasteiger partial charge in [-0.15, -0.1) is 0 Å². The van der Waals surface area contributed by atoms with E-state index in [-0.39, 0.29) is 30.0 Å². The van der Waals surface area contributed by atoms with Gasteiger partial charge in [-0.05, 0) is 48.7 Å². The van der Waals surface area contributed by atoms with Crippen LogP contribution < -0.4 is 15.4 Å². The Labute approximate surface area is 223 Å². The summed E-state index contributed by atoms with van der Waals surface area (Å²) in [6.45, 7) is 5.32. The van der Waals surface area contributed by atoms with E-state index in [2.05, 4.69) is 17.2 Å². The van der Waals surface area contributed by atoms with Gasteiger partial charge in [0, 0.05) is 18.5 Å². The van der Waals surface area contributed by atoms with E-state index in [1.807, 2.05) is 0 Å². The van der Waals surface area contributed by atoms with Gasteiger partial charge in [-0.2, -0.15) is 0 Å². The number of esters is 1. The lowest BCUT2D eigenvalue weighted by molar-refractivity contribution is -0.169. The zero-order valence-corrected chi connectivity index (χ0v) is 21.2. The van der Waals surface area contributed by atoms with Crippen LogP contribution in [0.1, 0.15) is 30.9 Å². The predicted molar refractivity (Wildman–Crippen MR) is 137 cm³/mol. The molecule has 0 bridgehead atoms. The van der Waals surface area contributed by atoms with Gasteiger partial charge in [-0.25, -0.2) is 4.79 Å². The van der Waals surface area contributed by atoms with E-state index in [4.69, 9.17) is 14.9 Å². The highest BCUT2D eigenvalue weighted by molar-refractivity contribution is 5.96. The van der Waals surface area contributed by atoms with E-state index >= 15 is 0 Å². The van der Waals surface area contributed by atoms with Crippen LogP contribution in [0.2, 0.25) is 0 Å². The molecule has 0 saturated heterocycles. The van der Waals surface area contributed by atoms with Crippen molar-refractivity contribution in [2.75, 3.05) is 6.54 Å². The van der Waals surface area contributed by atoms with Gasteiger partial charge in [0.05, 0.1) is 12.8 Å². The van der Waals surface area contributed by atoms with Crippen LogP contribution in [-0.2, 0) is 36.8 Å². The fraction of sp³-hybridized carbons (Fsp3) is 0.296. The first-order chi connectivity index (χ1) is 18.3. The highest BCUT2D eigenvalue weighted by atomic mass is 16.5.